The van der Waals surface area contributed by atoms with E-state index < -0.39 is 154 Å². The van der Waals surface area contributed by atoms with E-state index in [1.807, 2.05) is 0 Å². The minimum atomic E-state index is -1.99. The van der Waals surface area contributed by atoms with E-state index >= 15 is 0 Å². The minimum Gasteiger partial charge on any atom is -0.394 e. The Balaban J connectivity index is 1.33. The molecular weight excluding hydrogens is 750 g/mol. The molecule has 0 radical (unpaired) electrons. The number of rotatable bonds is 13. The minimum absolute atomic E-state index is 0.693. The van der Waals surface area contributed by atoms with Crippen LogP contribution in [0.1, 0.15) is 6.92 Å². The summed E-state index contributed by atoms with van der Waals surface area (Å²) in [6.45, 7) is -2.19. The van der Waals surface area contributed by atoms with Gasteiger partial charge in [-0.25, -0.2) is 0 Å². The third-order valence-corrected chi connectivity index (χ3v) is 10.7. The van der Waals surface area contributed by atoms with Gasteiger partial charge in [0.1, 0.15) is 103 Å². The predicted molar refractivity (Wildman–Crippen MR) is 176 cm³/mol. The number of aliphatic hydroxyl groups is 12. The Bertz CT molecular complexity index is 1320. The van der Waals surface area contributed by atoms with Gasteiger partial charge in [-0.1, -0.05) is 30.0 Å². The molecule has 308 valence electrons. The van der Waals surface area contributed by atoms with Gasteiger partial charge >= 0.3 is 0 Å². The molecule has 20 atom stereocenters. The van der Waals surface area contributed by atoms with E-state index in [-0.39, 0.29) is 0 Å². The Morgan fingerprint density at radius 3 is 1.65 bits per heavy atom. The first-order valence-electron chi connectivity index (χ1n) is 17.2. The Morgan fingerprint density at radius 2 is 1.07 bits per heavy atom. The number of hydrogen-bond donors (Lipinski definition) is 13. The number of thioether (sulfide) groups is 1. The normalized spacial score (nSPS) is 45.9. The first-order chi connectivity index (χ1) is 25.7. The Hall–Kier alpha value is -1.72. The van der Waals surface area contributed by atoms with Gasteiger partial charge < -0.3 is 99.8 Å². The van der Waals surface area contributed by atoms with Gasteiger partial charge in [0.15, 0.2) is 18.9 Å². The zero-order chi connectivity index (χ0) is 39.4. The van der Waals surface area contributed by atoms with Gasteiger partial charge in [-0.05, 0) is 12.1 Å². The molecule has 13 N–H and O–H groups in total. The molecule has 0 aromatic heterocycles. The summed E-state index contributed by atoms with van der Waals surface area (Å²) in [7, 11) is 0. The van der Waals surface area contributed by atoms with Crippen LogP contribution in [-0.4, -0.2) is 216 Å². The molecule has 0 aliphatic carbocycles. The highest BCUT2D eigenvalue weighted by atomic mass is 32.2. The van der Waals surface area contributed by atoms with Crippen molar-refractivity contribution in [2.45, 2.75) is 134 Å². The number of aliphatic hydroxyl groups excluding tert-OH is 12. The number of carbonyl (C=O) groups is 1. The van der Waals surface area contributed by atoms with Crippen molar-refractivity contribution in [2.75, 3.05) is 26.4 Å². The summed E-state index contributed by atoms with van der Waals surface area (Å²) in [6, 6.07) is 7.19. The average Bonchev–Trinajstić information content (AvgIpc) is 3.16. The van der Waals surface area contributed by atoms with Gasteiger partial charge in [0, 0.05) is 11.8 Å². The highest BCUT2D eigenvalue weighted by Crippen LogP contribution is 2.37. The van der Waals surface area contributed by atoms with E-state index in [2.05, 4.69) is 5.32 Å². The summed E-state index contributed by atoms with van der Waals surface area (Å²) in [5.41, 5.74) is -1.05. The Morgan fingerprint density at radius 1 is 0.574 bits per heavy atom. The van der Waals surface area contributed by atoms with Crippen molar-refractivity contribution in [1.82, 2.24) is 5.32 Å². The molecule has 4 aliphatic heterocycles. The van der Waals surface area contributed by atoms with E-state index in [1.165, 1.54) is 0 Å². The summed E-state index contributed by atoms with van der Waals surface area (Å²) < 4.78 is 40.0. The van der Waals surface area contributed by atoms with Gasteiger partial charge in [-0.15, -0.1) is 0 Å². The van der Waals surface area contributed by atoms with Crippen molar-refractivity contribution < 1.29 is 99.2 Å². The predicted octanol–water partition coefficient (Wildman–Crippen LogP) is -6.80. The van der Waals surface area contributed by atoms with Crippen LogP contribution in [0.2, 0.25) is 0 Å². The smallest absolute Gasteiger partial charge is 0.217 e. The Labute approximate surface area is 312 Å². The molecule has 22 heteroatoms. The van der Waals surface area contributed by atoms with Crippen molar-refractivity contribution >= 4 is 17.7 Å². The zero-order valence-electron chi connectivity index (χ0n) is 28.8. The van der Waals surface area contributed by atoms with Crippen molar-refractivity contribution in [3.63, 3.8) is 0 Å². The molecule has 1 aromatic rings. The van der Waals surface area contributed by atoms with Crippen LogP contribution in [0, 0.1) is 0 Å². The molecule has 4 saturated heterocycles. The number of benzene rings is 1. The summed E-state index contributed by atoms with van der Waals surface area (Å²) in [4.78, 5) is 13.0. The molecule has 5 rings (SSSR count). The second kappa shape index (κ2) is 19.1. The molecule has 54 heavy (non-hydrogen) atoms. The monoisotopic (exact) mass is 799 g/mol. The van der Waals surface area contributed by atoms with E-state index in [4.69, 9.17) is 33.2 Å². The first kappa shape index (κ1) is 43.4. The van der Waals surface area contributed by atoms with Crippen LogP contribution >= 0.6 is 11.8 Å². The largest absolute Gasteiger partial charge is 0.394 e. The van der Waals surface area contributed by atoms with Gasteiger partial charge in [-0.2, -0.15) is 0 Å². The number of ether oxygens (including phenoxy) is 7. The van der Waals surface area contributed by atoms with Gasteiger partial charge in [0.25, 0.3) is 0 Å². The number of carbonyl (C=O) groups excluding carboxylic acids is 1. The van der Waals surface area contributed by atoms with E-state index in [9.17, 15) is 66.1 Å². The third kappa shape index (κ3) is 9.35. The van der Waals surface area contributed by atoms with Crippen molar-refractivity contribution in [2.24, 2.45) is 0 Å². The highest BCUT2D eigenvalue weighted by molar-refractivity contribution is 7.99. The first-order valence-corrected chi connectivity index (χ1v) is 18.1. The highest BCUT2D eigenvalue weighted by Gasteiger charge is 2.55. The van der Waals surface area contributed by atoms with Gasteiger partial charge in [-0.3, -0.25) is 4.79 Å². The molecule has 4 fully saturated rings. The fraction of sp³-hybridized carbons (Fsp3) is 0.781. The molecule has 0 saturated carbocycles. The van der Waals surface area contributed by atoms with Crippen LogP contribution in [0.5, 0.6) is 0 Å². The average molecular weight is 800 g/mol. The lowest BCUT2D eigenvalue weighted by Crippen LogP contribution is -2.69. The topological polar surface area (TPSA) is 336 Å². The molecular formula is C32H49NO20S. The zero-order valence-corrected chi connectivity index (χ0v) is 29.6. The molecule has 4 heterocycles. The molecule has 1 aromatic carbocycles. The van der Waals surface area contributed by atoms with Gasteiger partial charge in [0.2, 0.25) is 5.91 Å². The van der Waals surface area contributed by atoms with Crippen LogP contribution in [0.3, 0.4) is 0 Å². The Kier molecular flexibility index (Phi) is 15.4. The molecule has 0 spiro atoms. The molecule has 0 unspecified atom stereocenters. The lowest BCUT2D eigenvalue weighted by atomic mass is 9.94. The van der Waals surface area contributed by atoms with Crippen molar-refractivity contribution in [3.05, 3.63) is 30.3 Å². The van der Waals surface area contributed by atoms with E-state index in [0.29, 0.717) is 4.90 Å². The maximum Gasteiger partial charge on any atom is 0.217 e. The number of hydrogen-bond acceptors (Lipinski definition) is 21. The summed E-state index contributed by atoms with van der Waals surface area (Å²) in [5.74, 6) is -0.739. The molecule has 21 nitrogen and oxygen atoms in total. The van der Waals surface area contributed by atoms with Crippen LogP contribution in [0.15, 0.2) is 35.2 Å². The number of nitrogens with one attached hydrogen (secondary N) is 1. The second-order valence-electron chi connectivity index (χ2n) is 13.3. The number of amides is 1. The standard InChI is InChI=1S/C32H49NO20S/c1-11(38)33-17-20(41)26(51-30-23(44)21(42)18(39)13(7-34)47-30)15(9-36)49-29(17)53-28-19(40)14(8-35)48-31(25(28)46)52-27-16(10-37)50-32(24(45)22(27)43)54-12-5-3-2-4-6-12/h2-6,13-32,34-37,39-46H,7-10H2,1H3,(H,33,38)/t13-,14-,15-,16-,17-,18+,19+,20-,21+,22-,23-,24-,25-,26-,27-,28+,29+,30+,31+,32+/m1/s1. The second-order valence-corrected chi connectivity index (χ2v) is 14.5. The maximum absolute atomic E-state index is 12.3. The molecule has 0 bridgehead atoms. The van der Waals surface area contributed by atoms with Crippen LogP contribution in [0.4, 0.5) is 0 Å². The fourth-order valence-electron chi connectivity index (χ4n) is 6.66. The summed E-state index contributed by atoms with van der Waals surface area (Å²) >= 11 is 1.08. The summed E-state index contributed by atoms with van der Waals surface area (Å²) in [6.07, 6.45) is -30.6. The molecule has 4 aliphatic rings. The fourth-order valence-corrected chi connectivity index (χ4v) is 7.74. The van der Waals surface area contributed by atoms with Crippen molar-refractivity contribution in [3.8, 4) is 0 Å². The van der Waals surface area contributed by atoms with E-state index in [0.717, 1.165) is 18.7 Å². The molecule has 1 amide bonds. The van der Waals surface area contributed by atoms with Gasteiger partial charge in [0.05, 0.1) is 26.4 Å². The quantitative estimate of drug-likeness (QED) is 0.0882. The lowest BCUT2D eigenvalue weighted by Gasteiger charge is -2.50. The van der Waals surface area contributed by atoms with Crippen LogP contribution < -0.4 is 5.32 Å². The SMILES string of the molecule is CC(=O)N[C@H]1[C@H](O[C@H]2[C@@H](O)[C@@H](CO)O[C@@H](O[C@H]3[C@H](O)[C@@H](O)[C@H](Sc4ccccc4)O[C@@H]3CO)[C@@H]2O)O[C@H](CO)[C@@H](O[C@@H]2O[C@H](CO)[C@H](O)[C@H](O)[C@H]2O)[C@@H]1O. The van der Waals surface area contributed by atoms with E-state index in [1.54, 1.807) is 30.3 Å². The maximum atomic E-state index is 12.3. The van der Waals surface area contributed by atoms with Crippen LogP contribution in [0.25, 0.3) is 0 Å². The van der Waals surface area contributed by atoms with Crippen molar-refractivity contribution in [1.29, 1.82) is 0 Å². The lowest BCUT2D eigenvalue weighted by molar-refractivity contribution is -0.375. The van der Waals surface area contributed by atoms with Crippen LogP contribution in [-0.2, 0) is 38.0 Å². The summed E-state index contributed by atoms with van der Waals surface area (Å²) in [5, 5.41) is 129. The third-order valence-electron chi connectivity index (χ3n) is 9.58.